The Balaban J connectivity index is 1.98. The van der Waals surface area contributed by atoms with Crippen LogP contribution in [-0.2, 0) is 4.79 Å². The zero-order valence-electron chi connectivity index (χ0n) is 10.4. The quantitative estimate of drug-likeness (QED) is 0.881. The number of aromatic nitrogens is 1. The third-order valence-electron chi connectivity index (χ3n) is 3.49. The van der Waals surface area contributed by atoms with Gasteiger partial charge in [-0.1, -0.05) is 6.92 Å². The molecule has 1 fully saturated rings. The molecule has 1 aromatic heterocycles. The van der Waals surface area contributed by atoms with Gasteiger partial charge in [-0.2, -0.15) is 0 Å². The molecule has 1 aromatic rings. The van der Waals surface area contributed by atoms with Crippen LogP contribution in [0, 0.1) is 11.8 Å². The van der Waals surface area contributed by atoms with Gasteiger partial charge in [0.05, 0.1) is 16.4 Å². The first-order valence-corrected chi connectivity index (χ1v) is 7.07. The van der Waals surface area contributed by atoms with E-state index in [2.05, 4.69) is 33.2 Å². The number of nitrogen functional groups attached to an aromatic ring is 1. The van der Waals surface area contributed by atoms with Gasteiger partial charge in [-0.25, -0.2) is 4.98 Å². The van der Waals surface area contributed by atoms with Crippen LogP contribution in [0.1, 0.15) is 32.6 Å². The summed E-state index contributed by atoms with van der Waals surface area (Å²) in [4.78, 5) is 16.2. The van der Waals surface area contributed by atoms with Gasteiger partial charge < -0.3 is 11.1 Å². The van der Waals surface area contributed by atoms with Crippen LogP contribution in [0.2, 0.25) is 0 Å². The molecule has 1 aliphatic rings. The van der Waals surface area contributed by atoms with Gasteiger partial charge in [0, 0.05) is 5.92 Å². The highest BCUT2D eigenvalue weighted by Crippen LogP contribution is 2.30. The van der Waals surface area contributed by atoms with Crippen LogP contribution < -0.4 is 11.1 Å². The molecule has 3 N–H and O–H groups in total. The summed E-state index contributed by atoms with van der Waals surface area (Å²) in [6.45, 7) is 2.24. The Labute approximate surface area is 115 Å². The SMILES string of the molecule is CC1CCC(C(=O)Nc2ncc(N)cc2Br)CC1. The second-order valence-corrected chi connectivity index (χ2v) is 5.90. The molecule has 0 aromatic carbocycles. The smallest absolute Gasteiger partial charge is 0.228 e. The minimum atomic E-state index is 0.0693. The van der Waals surface area contributed by atoms with Crippen molar-refractivity contribution in [3.8, 4) is 0 Å². The van der Waals surface area contributed by atoms with Gasteiger partial charge in [-0.05, 0) is 53.6 Å². The number of hydrogen-bond donors (Lipinski definition) is 2. The number of pyridine rings is 1. The number of amides is 1. The lowest BCUT2D eigenvalue weighted by Crippen LogP contribution is -2.27. The standard InChI is InChI=1S/C13H18BrN3O/c1-8-2-4-9(5-3-8)13(18)17-12-11(14)6-10(15)7-16-12/h6-9H,2-5,15H2,1H3,(H,16,17,18). The van der Waals surface area contributed by atoms with Crippen LogP contribution in [-0.4, -0.2) is 10.9 Å². The maximum Gasteiger partial charge on any atom is 0.228 e. The summed E-state index contributed by atoms with van der Waals surface area (Å²) in [6.07, 6.45) is 5.76. The van der Waals surface area contributed by atoms with E-state index in [1.807, 2.05) is 0 Å². The summed E-state index contributed by atoms with van der Waals surface area (Å²) < 4.78 is 0.722. The number of rotatable bonds is 2. The van der Waals surface area contributed by atoms with Crippen LogP contribution >= 0.6 is 15.9 Å². The third kappa shape index (κ3) is 3.22. The van der Waals surface area contributed by atoms with Crippen LogP contribution in [0.4, 0.5) is 11.5 Å². The van der Waals surface area contributed by atoms with E-state index in [-0.39, 0.29) is 11.8 Å². The molecule has 0 aliphatic heterocycles. The topological polar surface area (TPSA) is 68.0 Å². The van der Waals surface area contributed by atoms with E-state index in [1.165, 1.54) is 0 Å². The molecule has 0 spiro atoms. The summed E-state index contributed by atoms with van der Waals surface area (Å²) in [5, 5.41) is 2.87. The molecule has 1 saturated carbocycles. The van der Waals surface area contributed by atoms with E-state index in [9.17, 15) is 4.79 Å². The first kappa shape index (κ1) is 13.3. The van der Waals surface area contributed by atoms with Crippen LogP contribution in [0.15, 0.2) is 16.7 Å². The fraction of sp³-hybridized carbons (Fsp3) is 0.538. The highest BCUT2D eigenvalue weighted by atomic mass is 79.9. The van der Waals surface area contributed by atoms with E-state index in [0.717, 1.165) is 36.1 Å². The minimum Gasteiger partial charge on any atom is -0.397 e. The van der Waals surface area contributed by atoms with Crippen molar-refractivity contribution < 1.29 is 4.79 Å². The van der Waals surface area contributed by atoms with E-state index >= 15 is 0 Å². The second kappa shape index (κ2) is 5.69. The van der Waals surface area contributed by atoms with Crippen molar-refractivity contribution >= 4 is 33.3 Å². The van der Waals surface area contributed by atoms with Gasteiger partial charge in [-0.15, -0.1) is 0 Å². The second-order valence-electron chi connectivity index (χ2n) is 5.05. The lowest BCUT2D eigenvalue weighted by Gasteiger charge is -2.25. The number of nitrogens with zero attached hydrogens (tertiary/aromatic N) is 1. The number of halogens is 1. The van der Waals surface area contributed by atoms with Gasteiger partial charge in [0.25, 0.3) is 0 Å². The molecular weight excluding hydrogens is 294 g/mol. The highest BCUT2D eigenvalue weighted by molar-refractivity contribution is 9.10. The molecule has 1 heterocycles. The maximum atomic E-state index is 12.1. The Hall–Kier alpha value is -1.10. The molecule has 0 unspecified atom stereocenters. The zero-order chi connectivity index (χ0) is 13.1. The molecule has 0 saturated heterocycles. The fourth-order valence-corrected chi connectivity index (χ4v) is 2.75. The summed E-state index contributed by atoms with van der Waals surface area (Å²) in [7, 11) is 0. The van der Waals surface area contributed by atoms with Crippen LogP contribution in [0.3, 0.4) is 0 Å². The summed E-state index contributed by atoms with van der Waals surface area (Å²) in [5.41, 5.74) is 6.19. The molecular formula is C13H18BrN3O. The molecule has 98 valence electrons. The van der Waals surface area contributed by atoms with Crippen molar-refractivity contribution in [1.29, 1.82) is 0 Å². The van der Waals surface area contributed by atoms with Crippen molar-refractivity contribution in [3.63, 3.8) is 0 Å². The van der Waals surface area contributed by atoms with E-state index < -0.39 is 0 Å². The molecule has 5 heteroatoms. The molecule has 0 bridgehead atoms. The van der Waals surface area contributed by atoms with Gasteiger partial charge in [0.2, 0.25) is 5.91 Å². The Morgan fingerprint density at radius 1 is 1.44 bits per heavy atom. The first-order chi connectivity index (χ1) is 8.56. The number of carbonyl (C=O) groups excluding carboxylic acids is 1. The van der Waals surface area contributed by atoms with E-state index in [0.29, 0.717) is 11.5 Å². The van der Waals surface area contributed by atoms with E-state index in [1.54, 1.807) is 12.3 Å². The maximum absolute atomic E-state index is 12.1. The Kier molecular flexibility index (Phi) is 4.22. The van der Waals surface area contributed by atoms with Crippen molar-refractivity contribution in [2.75, 3.05) is 11.1 Å². The van der Waals surface area contributed by atoms with Crippen molar-refractivity contribution in [2.24, 2.45) is 11.8 Å². The van der Waals surface area contributed by atoms with Gasteiger partial charge in [0.15, 0.2) is 0 Å². The van der Waals surface area contributed by atoms with E-state index in [4.69, 9.17) is 5.73 Å². The predicted octanol–water partition coefficient (Wildman–Crippen LogP) is 3.19. The normalized spacial score (nSPS) is 23.7. The zero-order valence-corrected chi connectivity index (χ0v) is 12.0. The van der Waals surface area contributed by atoms with Crippen molar-refractivity contribution in [1.82, 2.24) is 4.98 Å². The Morgan fingerprint density at radius 3 is 2.72 bits per heavy atom. The number of anilines is 2. The number of carbonyl (C=O) groups is 1. The molecule has 4 nitrogen and oxygen atoms in total. The number of nitrogens with two attached hydrogens (primary N) is 1. The Bertz CT molecular complexity index is 442. The number of nitrogens with one attached hydrogen (secondary N) is 1. The molecule has 1 amide bonds. The fourth-order valence-electron chi connectivity index (χ4n) is 2.29. The summed E-state index contributed by atoms with van der Waals surface area (Å²) in [6, 6.07) is 1.74. The van der Waals surface area contributed by atoms with Gasteiger partial charge in [-0.3, -0.25) is 4.79 Å². The highest BCUT2D eigenvalue weighted by Gasteiger charge is 2.24. The monoisotopic (exact) mass is 311 g/mol. The van der Waals surface area contributed by atoms with Crippen LogP contribution in [0.25, 0.3) is 0 Å². The predicted molar refractivity (Wildman–Crippen MR) is 76.1 cm³/mol. The largest absolute Gasteiger partial charge is 0.397 e. The average molecular weight is 312 g/mol. The minimum absolute atomic E-state index is 0.0693. The van der Waals surface area contributed by atoms with Crippen LogP contribution in [0.5, 0.6) is 0 Å². The summed E-state index contributed by atoms with van der Waals surface area (Å²) >= 11 is 3.35. The molecule has 18 heavy (non-hydrogen) atoms. The number of hydrogen-bond acceptors (Lipinski definition) is 3. The first-order valence-electron chi connectivity index (χ1n) is 6.28. The van der Waals surface area contributed by atoms with Gasteiger partial charge >= 0.3 is 0 Å². The summed E-state index contributed by atoms with van der Waals surface area (Å²) in [5.74, 6) is 1.48. The average Bonchev–Trinajstić information content (AvgIpc) is 2.33. The van der Waals surface area contributed by atoms with Gasteiger partial charge in [0.1, 0.15) is 5.82 Å². The lowest BCUT2D eigenvalue weighted by molar-refractivity contribution is -0.121. The molecule has 0 atom stereocenters. The molecule has 2 rings (SSSR count). The third-order valence-corrected chi connectivity index (χ3v) is 4.10. The molecule has 1 aliphatic carbocycles. The Morgan fingerprint density at radius 2 is 2.11 bits per heavy atom. The van der Waals surface area contributed by atoms with Crippen molar-refractivity contribution in [2.45, 2.75) is 32.6 Å². The molecule has 0 radical (unpaired) electrons. The van der Waals surface area contributed by atoms with Crippen molar-refractivity contribution in [3.05, 3.63) is 16.7 Å². The lowest BCUT2D eigenvalue weighted by atomic mass is 9.82.